The Kier molecular flexibility index (Phi) is 9.75. The molecule has 0 rings (SSSR count). The van der Waals surface area contributed by atoms with Gasteiger partial charge in [0.15, 0.2) is 16.6 Å². The number of hydrogen-bond acceptors (Lipinski definition) is 3. The maximum atomic E-state index is 7.00. The first-order chi connectivity index (χ1) is 10.5. The molecule has 0 aliphatic rings. The van der Waals surface area contributed by atoms with E-state index in [9.17, 15) is 0 Å². The maximum Gasteiger partial charge on any atom is 0.318 e. The largest absolute Gasteiger partial charge is 0.436 e. The Balaban J connectivity index is 5.55. The van der Waals surface area contributed by atoms with E-state index in [1.807, 2.05) is 0 Å². The molecule has 3 nitrogen and oxygen atoms in total. The van der Waals surface area contributed by atoms with Crippen molar-refractivity contribution in [3.05, 3.63) is 0 Å². The molecule has 7 heteroatoms. The second-order valence-electron chi connectivity index (χ2n) is 7.77. The summed E-state index contributed by atoms with van der Waals surface area (Å²) in [5.41, 5.74) is 0. The van der Waals surface area contributed by atoms with Crippen LogP contribution in [0.1, 0.15) is 41.5 Å². The third-order valence-electron chi connectivity index (χ3n) is 5.15. The molecule has 0 N–H and O–H groups in total. The van der Waals surface area contributed by atoms with Gasteiger partial charge < -0.3 is 12.3 Å². The molecule has 0 aromatic rings. The van der Waals surface area contributed by atoms with E-state index in [-0.39, 0.29) is 0 Å². The van der Waals surface area contributed by atoms with Gasteiger partial charge in [-0.2, -0.15) is 0 Å². The highest BCUT2D eigenvalue weighted by Crippen LogP contribution is 2.34. The summed E-state index contributed by atoms with van der Waals surface area (Å²) in [6.07, 6.45) is 0. The molecule has 140 valence electrons. The Morgan fingerprint density at radius 3 is 0.870 bits per heavy atom. The van der Waals surface area contributed by atoms with Crippen molar-refractivity contribution in [2.24, 2.45) is 0 Å². The molecule has 0 aromatic carbocycles. The summed E-state index contributed by atoms with van der Waals surface area (Å²) in [7, 11) is -7.60. The van der Waals surface area contributed by atoms with Gasteiger partial charge in [-0.1, -0.05) is 41.5 Å². The Hall–Kier alpha value is 0.748. The molecule has 0 fully saturated rings. The van der Waals surface area contributed by atoms with Gasteiger partial charge >= 0.3 is 17.1 Å². The van der Waals surface area contributed by atoms with E-state index in [0.717, 1.165) is 36.3 Å². The summed E-state index contributed by atoms with van der Waals surface area (Å²) in [6, 6.07) is 6.43. The predicted octanol–water partition coefficient (Wildman–Crippen LogP) is 6.45. The van der Waals surface area contributed by atoms with E-state index in [1.54, 1.807) is 0 Å². The highest BCUT2D eigenvalue weighted by atomic mass is 28.5. The van der Waals surface area contributed by atoms with E-state index < -0.39 is 33.8 Å². The summed E-state index contributed by atoms with van der Waals surface area (Å²) in [6.45, 7) is 22.8. The molecule has 23 heavy (non-hydrogen) atoms. The fraction of sp³-hybridized carbons (Fsp3) is 1.00. The summed E-state index contributed by atoms with van der Waals surface area (Å²) >= 11 is 0. The highest BCUT2D eigenvalue weighted by Gasteiger charge is 2.49. The van der Waals surface area contributed by atoms with E-state index in [0.29, 0.717) is 0 Å². The van der Waals surface area contributed by atoms with Crippen molar-refractivity contribution in [1.29, 1.82) is 0 Å². The first-order valence-electron chi connectivity index (χ1n) is 9.59. The van der Waals surface area contributed by atoms with Crippen LogP contribution in [0, 0.1) is 0 Å². The Morgan fingerprint density at radius 2 is 0.696 bits per heavy atom. The minimum atomic E-state index is -2.17. The lowest BCUT2D eigenvalue weighted by Gasteiger charge is -2.45. The standard InChI is InChI=1S/C16H42O3Si4/c1-11-20(7,8)17-22(13-3,14-4)19-23(15-5,16-6)18-21(9,10)12-2/h11-16H2,1-10H3. The zero-order valence-electron chi connectivity index (χ0n) is 17.5. The van der Waals surface area contributed by atoms with Gasteiger partial charge in [0.25, 0.3) is 0 Å². The number of hydrogen-bond donors (Lipinski definition) is 0. The van der Waals surface area contributed by atoms with Gasteiger partial charge in [-0.25, -0.2) is 0 Å². The lowest BCUT2D eigenvalue weighted by atomic mass is 10.9. The monoisotopic (exact) mass is 394 g/mol. The van der Waals surface area contributed by atoms with Crippen molar-refractivity contribution in [1.82, 2.24) is 0 Å². The van der Waals surface area contributed by atoms with Gasteiger partial charge in [0.05, 0.1) is 0 Å². The highest BCUT2D eigenvalue weighted by molar-refractivity contribution is 6.90. The lowest BCUT2D eigenvalue weighted by Crippen LogP contribution is -2.60. The normalized spacial score (nSPS) is 14.3. The minimum absolute atomic E-state index is 1.03. The first kappa shape index (κ1) is 23.7. The SMILES string of the molecule is CC[Si](C)(C)O[Si](CC)(CC)O[Si](CC)(CC)O[Si](C)(C)CC. The van der Waals surface area contributed by atoms with Crippen LogP contribution in [0.4, 0.5) is 0 Å². The molecule has 0 unspecified atom stereocenters. The Bertz CT molecular complexity index is 308. The first-order valence-corrected chi connectivity index (χ1v) is 20.3. The van der Waals surface area contributed by atoms with Crippen LogP contribution >= 0.6 is 0 Å². The van der Waals surface area contributed by atoms with E-state index in [1.165, 1.54) is 0 Å². The fourth-order valence-corrected chi connectivity index (χ4v) is 21.2. The smallest absolute Gasteiger partial charge is 0.318 e. The zero-order chi connectivity index (χ0) is 18.4. The van der Waals surface area contributed by atoms with Crippen LogP contribution in [0.3, 0.4) is 0 Å². The van der Waals surface area contributed by atoms with Crippen LogP contribution in [-0.4, -0.2) is 33.8 Å². The van der Waals surface area contributed by atoms with Gasteiger partial charge in [-0.05, 0) is 62.5 Å². The van der Waals surface area contributed by atoms with Crippen molar-refractivity contribution in [3.63, 3.8) is 0 Å². The van der Waals surface area contributed by atoms with Crippen molar-refractivity contribution in [2.45, 2.75) is 104 Å². The van der Waals surface area contributed by atoms with Crippen molar-refractivity contribution in [3.8, 4) is 0 Å². The van der Waals surface area contributed by atoms with E-state index >= 15 is 0 Å². The minimum Gasteiger partial charge on any atom is -0.436 e. The summed E-state index contributed by atoms with van der Waals surface area (Å²) in [5.74, 6) is 0. The van der Waals surface area contributed by atoms with Crippen molar-refractivity contribution < 1.29 is 12.3 Å². The van der Waals surface area contributed by atoms with E-state index in [2.05, 4.69) is 67.7 Å². The Labute approximate surface area is 150 Å². The fourth-order valence-electron chi connectivity index (χ4n) is 2.61. The molecule has 0 aliphatic heterocycles. The Morgan fingerprint density at radius 1 is 0.435 bits per heavy atom. The topological polar surface area (TPSA) is 27.7 Å². The van der Waals surface area contributed by atoms with Crippen LogP contribution in [-0.2, 0) is 12.3 Å². The molecule has 0 radical (unpaired) electrons. The molecule has 0 heterocycles. The second kappa shape index (κ2) is 9.45. The molecular formula is C16H42O3Si4. The molecule has 0 bridgehead atoms. The van der Waals surface area contributed by atoms with Crippen LogP contribution in [0.5, 0.6) is 0 Å². The van der Waals surface area contributed by atoms with Gasteiger partial charge in [0.2, 0.25) is 0 Å². The predicted molar refractivity (Wildman–Crippen MR) is 113 cm³/mol. The van der Waals surface area contributed by atoms with Crippen molar-refractivity contribution >= 4 is 33.8 Å². The van der Waals surface area contributed by atoms with Crippen LogP contribution in [0.25, 0.3) is 0 Å². The zero-order valence-corrected chi connectivity index (χ0v) is 21.5. The molecule has 0 amide bonds. The number of rotatable bonds is 12. The molecule has 0 aromatic heterocycles. The molecular weight excluding hydrogens is 353 g/mol. The maximum absolute atomic E-state index is 7.00. The summed E-state index contributed by atoms with van der Waals surface area (Å²) in [4.78, 5) is 0. The molecule has 0 aliphatic carbocycles. The summed E-state index contributed by atoms with van der Waals surface area (Å²) in [5, 5.41) is 0. The average molecular weight is 395 g/mol. The van der Waals surface area contributed by atoms with Crippen LogP contribution in [0.2, 0.25) is 62.5 Å². The molecule has 0 spiro atoms. The van der Waals surface area contributed by atoms with Gasteiger partial charge in [-0.3, -0.25) is 0 Å². The quantitative estimate of drug-likeness (QED) is 0.356. The van der Waals surface area contributed by atoms with Gasteiger partial charge in [-0.15, -0.1) is 0 Å². The van der Waals surface area contributed by atoms with Crippen LogP contribution in [0.15, 0.2) is 0 Å². The van der Waals surface area contributed by atoms with Crippen molar-refractivity contribution in [2.75, 3.05) is 0 Å². The van der Waals surface area contributed by atoms with Gasteiger partial charge in [0, 0.05) is 0 Å². The molecule has 0 atom stereocenters. The van der Waals surface area contributed by atoms with Crippen LogP contribution < -0.4 is 0 Å². The third kappa shape index (κ3) is 7.25. The average Bonchev–Trinajstić information content (AvgIpc) is 2.53. The van der Waals surface area contributed by atoms with E-state index in [4.69, 9.17) is 12.3 Å². The third-order valence-corrected chi connectivity index (χ3v) is 23.2. The summed E-state index contributed by atoms with van der Waals surface area (Å²) < 4.78 is 20.6. The van der Waals surface area contributed by atoms with Gasteiger partial charge in [0.1, 0.15) is 0 Å². The lowest BCUT2D eigenvalue weighted by molar-refractivity contribution is 0.305. The molecule has 0 saturated heterocycles. The molecule has 0 saturated carbocycles. The second-order valence-corrected chi connectivity index (χ2v) is 25.1.